The van der Waals surface area contributed by atoms with Crippen LogP contribution in [0.1, 0.15) is 22.8 Å². The molecule has 132 valence electrons. The maximum Gasteiger partial charge on any atom is 0.262 e. The van der Waals surface area contributed by atoms with Crippen LogP contribution in [0.5, 0.6) is 5.75 Å². The fourth-order valence-electron chi connectivity index (χ4n) is 2.33. The van der Waals surface area contributed by atoms with Crippen molar-refractivity contribution in [1.82, 2.24) is 10.2 Å². The smallest absolute Gasteiger partial charge is 0.262 e. The minimum Gasteiger partial charge on any atom is -0.484 e. The van der Waals surface area contributed by atoms with E-state index in [9.17, 15) is 9.59 Å². The van der Waals surface area contributed by atoms with Crippen LogP contribution in [-0.4, -0.2) is 28.5 Å². The predicted molar refractivity (Wildman–Crippen MR) is 95.0 cm³/mol. The minimum absolute atomic E-state index is 0.0617. The van der Waals surface area contributed by atoms with Crippen molar-refractivity contribution in [2.24, 2.45) is 0 Å². The van der Waals surface area contributed by atoms with Crippen LogP contribution in [-0.2, 0) is 4.79 Å². The van der Waals surface area contributed by atoms with Crippen LogP contribution in [0.25, 0.3) is 11.5 Å². The van der Waals surface area contributed by atoms with Crippen LogP contribution in [0, 0.1) is 6.92 Å². The van der Waals surface area contributed by atoms with Gasteiger partial charge in [-0.3, -0.25) is 9.59 Å². The van der Waals surface area contributed by atoms with E-state index >= 15 is 0 Å². The summed E-state index contributed by atoms with van der Waals surface area (Å²) < 4.78 is 10.6. The maximum atomic E-state index is 12.2. The Labute approximate surface area is 150 Å². The second kappa shape index (κ2) is 7.60. The second-order valence-electron chi connectivity index (χ2n) is 5.69. The molecule has 0 atom stereocenters. The van der Waals surface area contributed by atoms with Crippen molar-refractivity contribution >= 4 is 17.4 Å². The Morgan fingerprint density at radius 1 is 1.19 bits per heavy atom. The van der Waals surface area contributed by atoms with Gasteiger partial charge < -0.3 is 14.5 Å². The van der Waals surface area contributed by atoms with Crippen molar-refractivity contribution in [1.29, 1.82) is 0 Å². The quantitative estimate of drug-likeness (QED) is 0.685. The summed E-state index contributed by atoms with van der Waals surface area (Å²) in [7, 11) is 0. The van der Waals surface area contributed by atoms with E-state index in [0.717, 1.165) is 5.56 Å². The molecule has 0 aliphatic heterocycles. The lowest BCUT2D eigenvalue weighted by Gasteiger charge is -2.11. The van der Waals surface area contributed by atoms with Crippen LogP contribution in [0.15, 0.2) is 53.3 Å². The van der Waals surface area contributed by atoms with E-state index in [1.54, 1.807) is 30.3 Å². The molecule has 7 nitrogen and oxygen atoms in total. The number of carbonyl (C=O) groups is 2. The molecule has 0 saturated heterocycles. The summed E-state index contributed by atoms with van der Waals surface area (Å²) >= 11 is 0. The second-order valence-corrected chi connectivity index (χ2v) is 5.69. The highest BCUT2D eigenvalue weighted by molar-refractivity contribution is 5.95. The number of ether oxygens (including phenoxy) is 1. The molecule has 1 heterocycles. The lowest BCUT2D eigenvalue weighted by molar-refractivity contribution is -0.118. The van der Waals surface area contributed by atoms with Crippen LogP contribution in [0.4, 0.5) is 5.69 Å². The molecule has 1 amide bonds. The molecule has 1 N–H and O–H groups in total. The molecular weight excluding hydrogens is 334 g/mol. The molecule has 0 bridgehead atoms. The average molecular weight is 351 g/mol. The standard InChI is InChI=1S/C19H17N3O4/c1-12-6-7-15(19-22-20-11-26-19)9-17(12)21-18(24)10-25-16-5-3-4-14(8-16)13(2)23/h3-9,11H,10H2,1-2H3,(H,21,24). The zero-order valence-corrected chi connectivity index (χ0v) is 14.4. The summed E-state index contributed by atoms with van der Waals surface area (Å²) in [6, 6.07) is 12.2. The number of anilines is 1. The summed E-state index contributed by atoms with van der Waals surface area (Å²) in [4.78, 5) is 23.6. The number of nitrogens with one attached hydrogen (secondary N) is 1. The normalized spacial score (nSPS) is 10.4. The predicted octanol–water partition coefficient (Wildman–Crippen LogP) is 3.27. The number of aryl methyl sites for hydroxylation is 1. The zero-order chi connectivity index (χ0) is 18.5. The first kappa shape index (κ1) is 17.3. The Morgan fingerprint density at radius 2 is 2.04 bits per heavy atom. The topological polar surface area (TPSA) is 94.3 Å². The fourth-order valence-corrected chi connectivity index (χ4v) is 2.33. The number of rotatable bonds is 6. The Bertz CT molecular complexity index is 936. The maximum absolute atomic E-state index is 12.2. The number of nitrogens with zero attached hydrogens (tertiary/aromatic N) is 2. The zero-order valence-electron chi connectivity index (χ0n) is 14.4. The number of benzene rings is 2. The lowest BCUT2D eigenvalue weighted by atomic mass is 10.1. The van der Waals surface area contributed by atoms with Gasteiger partial charge in [-0.15, -0.1) is 10.2 Å². The summed E-state index contributed by atoms with van der Waals surface area (Å²) in [6.07, 6.45) is 1.25. The minimum atomic E-state index is -0.316. The van der Waals surface area contributed by atoms with Gasteiger partial charge in [0.2, 0.25) is 12.3 Å². The van der Waals surface area contributed by atoms with Crippen LogP contribution < -0.4 is 10.1 Å². The molecule has 0 unspecified atom stereocenters. The third-order valence-electron chi connectivity index (χ3n) is 3.73. The summed E-state index contributed by atoms with van der Waals surface area (Å²) in [5.74, 6) is 0.458. The van der Waals surface area contributed by atoms with Crippen molar-refractivity contribution in [2.45, 2.75) is 13.8 Å². The molecule has 0 spiro atoms. The first-order valence-electron chi connectivity index (χ1n) is 7.94. The van der Waals surface area contributed by atoms with Crippen molar-refractivity contribution < 1.29 is 18.7 Å². The van der Waals surface area contributed by atoms with Crippen LogP contribution in [0.3, 0.4) is 0 Å². The monoisotopic (exact) mass is 351 g/mol. The van der Waals surface area contributed by atoms with Gasteiger partial charge in [-0.05, 0) is 43.7 Å². The highest BCUT2D eigenvalue weighted by Crippen LogP contribution is 2.24. The highest BCUT2D eigenvalue weighted by Gasteiger charge is 2.10. The Morgan fingerprint density at radius 3 is 2.77 bits per heavy atom. The molecule has 1 aromatic heterocycles. The molecule has 0 saturated carbocycles. The molecule has 3 rings (SSSR count). The first-order valence-corrected chi connectivity index (χ1v) is 7.94. The number of carbonyl (C=O) groups excluding carboxylic acids is 2. The van der Waals surface area contributed by atoms with E-state index in [4.69, 9.17) is 9.15 Å². The van der Waals surface area contributed by atoms with E-state index in [1.807, 2.05) is 19.1 Å². The van der Waals surface area contributed by atoms with Gasteiger partial charge in [-0.25, -0.2) is 0 Å². The molecule has 7 heteroatoms. The molecule has 0 fully saturated rings. The van der Waals surface area contributed by atoms with Gasteiger partial charge in [0.25, 0.3) is 5.91 Å². The Hall–Kier alpha value is -3.48. The Balaban J connectivity index is 1.66. The number of hydrogen-bond acceptors (Lipinski definition) is 6. The van der Waals surface area contributed by atoms with Crippen molar-refractivity contribution in [3.05, 3.63) is 60.0 Å². The summed E-state index contributed by atoms with van der Waals surface area (Å²) in [5.41, 5.74) is 2.76. The third-order valence-corrected chi connectivity index (χ3v) is 3.73. The molecular formula is C19H17N3O4. The summed E-state index contributed by atoms with van der Waals surface area (Å²) in [6.45, 7) is 3.18. The van der Waals surface area contributed by atoms with Crippen molar-refractivity contribution in [3.63, 3.8) is 0 Å². The number of hydrogen-bond donors (Lipinski definition) is 1. The summed E-state index contributed by atoms with van der Waals surface area (Å²) in [5, 5.41) is 10.3. The molecule has 0 aliphatic carbocycles. The van der Waals surface area contributed by atoms with E-state index in [-0.39, 0.29) is 18.3 Å². The molecule has 3 aromatic rings. The number of aromatic nitrogens is 2. The van der Waals surface area contributed by atoms with Crippen LogP contribution >= 0.6 is 0 Å². The van der Waals surface area contributed by atoms with E-state index in [2.05, 4.69) is 15.5 Å². The lowest BCUT2D eigenvalue weighted by Crippen LogP contribution is -2.20. The molecule has 0 radical (unpaired) electrons. The van der Waals surface area contributed by atoms with E-state index in [1.165, 1.54) is 13.3 Å². The van der Waals surface area contributed by atoms with E-state index in [0.29, 0.717) is 28.5 Å². The van der Waals surface area contributed by atoms with Gasteiger partial charge in [-0.2, -0.15) is 0 Å². The molecule has 26 heavy (non-hydrogen) atoms. The van der Waals surface area contributed by atoms with Gasteiger partial charge in [0.05, 0.1) is 0 Å². The SMILES string of the molecule is CC(=O)c1cccc(OCC(=O)Nc2cc(-c3nnco3)ccc2C)c1. The third kappa shape index (κ3) is 4.13. The molecule has 2 aromatic carbocycles. The van der Waals surface area contributed by atoms with Gasteiger partial charge in [0.15, 0.2) is 12.4 Å². The molecule has 0 aliphatic rings. The van der Waals surface area contributed by atoms with Gasteiger partial charge in [-0.1, -0.05) is 18.2 Å². The first-order chi connectivity index (χ1) is 12.5. The van der Waals surface area contributed by atoms with Gasteiger partial charge in [0.1, 0.15) is 5.75 Å². The average Bonchev–Trinajstić information content (AvgIpc) is 3.17. The van der Waals surface area contributed by atoms with Crippen LogP contribution in [0.2, 0.25) is 0 Å². The van der Waals surface area contributed by atoms with Crippen molar-refractivity contribution in [2.75, 3.05) is 11.9 Å². The van der Waals surface area contributed by atoms with Gasteiger partial charge in [0, 0.05) is 16.8 Å². The fraction of sp³-hybridized carbons (Fsp3) is 0.158. The highest BCUT2D eigenvalue weighted by atomic mass is 16.5. The number of amides is 1. The van der Waals surface area contributed by atoms with Gasteiger partial charge >= 0.3 is 0 Å². The van der Waals surface area contributed by atoms with E-state index < -0.39 is 0 Å². The Kier molecular flexibility index (Phi) is 5.07. The number of Topliss-reactive ketones (excluding diaryl/α,β-unsaturated/α-hetero) is 1. The largest absolute Gasteiger partial charge is 0.484 e. The number of ketones is 1. The van der Waals surface area contributed by atoms with Crippen molar-refractivity contribution in [3.8, 4) is 17.2 Å².